The van der Waals surface area contributed by atoms with Gasteiger partial charge in [-0.25, -0.2) is 0 Å². The van der Waals surface area contributed by atoms with Crippen LogP contribution in [-0.4, -0.2) is 121 Å². The van der Waals surface area contributed by atoms with E-state index in [0.717, 1.165) is 0 Å². The third kappa shape index (κ3) is 7.80. The molecule has 22 heavy (non-hydrogen) atoms. The number of ether oxygens (including phenoxy) is 2. The van der Waals surface area contributed by atoms with Crippen LogP contribution >= 0.6 is 0 Å². The summed E-state index contributed by atoms with van der Waals surface area (Å²) in [4.78, 5) is 3.89. The van der Waals surface area contributed by atoms with E-state index in [0.29, 0.717) is 52.5 Å². The summed E-state index contributed by atoms with van der Waals surface area (Å²) in [6.07, 6.45) is -0.142. The summed E-state index contributed by atoms with van der Waals surface area (Å²) < 4.78 is 11.6. The molecule has 0 radical (unpaired) electrons. The molecular formula is C14H30N2O6. The normalized spacial score (nSPS) is 22.6. The second kappa shape index (κ2) is 12.1. The van der Waals surface area contributed by atoms with Gasteiger partial charge in [0, 0.05) is 39.3 Å². The fourth-order valence-corrected chi connectivity index (χ4v) is 2.52. The lowest BCUT2D eigenvalue weighted by molar-refractivity contribution is -0.146. The monoisotopic (exact) mass is 322 g/mol. The van der Waals surface area contributed by atoms with E-state index in [2.05, 4.69) is 0 Å². The summed E-state index contributed by atoms with van der Waals surface area (Å²) in [6, 6.07) is 0. The molecule has 0 aromatic rings. The maximum Gasteiger partial charge on any atom is 0.0936 e. The molecule has 4 N–H and O–H groups in total. The van der Waals surface area contributed by atoms with Crippen LogP contribution in [-0.2, 0) is 9.47 Å². The van der Waals surface area contributed by atoms with E-state index in [9.17, 15) is 0 Å². The summed E-state index contributed by atoms with van der Waals surface area (Å²) in [5, 5.41) is 36.0. The molecule has 8 heteroatoms. The van der Waals surface area contributed by atoms with Gasteiger partial charge in [0.05, 0.1) is 51.8 Å². The first-order valence-electron chi connectivity index (χ1n) is 7.84. The molecule has 0 aromatic heterocycles. The summed E-state index contributed by atoms with van der Waals surface area (Å²) in [7, 11) is 0. The molecule has 0 bridgehead atoms. The van der Waals surface area contributed by atoms with E-state index < -0.39 is 0 Å². The van der Waals surface area contributed by atoms with Crippen molar-refractivity contribution in [1.29, 1.82) is 0 Å². The van der Waals surface area contributed by atoms with E-state index in [4.69, 9.17) is 29.9 Å². The van der Waals surface area contributed by atoms with E-state index in [1.165, 1.54) is 0 Å². The molecule has 0 amide bonds. The Balaban J connectivity index is 2.29. The highest BCUT2D eigenvalue weighted by Gasteiger charge is 2.25. The van der Waals surface area contributed by atoms with Crippen molar-refractivity contribution < 1.29 is 29.9 Å². The minimum absolute atomic E-state index is 0.0491. The van der Waals surface area contributed by atoms with Gasteiger partial charge in [-0.2, -0.15) is 0 Å². The summed E-state index contributed by atoms with van der Waals surface area (Å²) in [5.74, 6) is 0. The van der Waals surface area contributed by atoms with Crippen LogP contribution in [0.1, 0.15) is 0 Å². The standard InChI is InChI=1S/C14H30N2O6/c17-5-1-15(2-6-18)9-13-11-22-14(12-21-13)10-16(3-7-19)4-8-20/h13-14,17-20H,1-12H2. The second-order valence-corrected chi connectivity index (χ2v) is 5.41. The highest BCUT2D eigenvalue weighted by Crippen LogP contribution is 2.10. The highest BCUT2D eigenvalue weighted by molar-refractivity contribution is 4.74. The lowest BCUT2D eigenvalue weighted by Gasteiger charge is -2.35. The lowest BCUT2D eigenvalue weighted by atomic mass is 10.2. The van der Waals surface area contributed by atoms with Crippen LogP contribution in [0.3, 0.4) is 0 Å². The van der Waals surface area contributed by atoms with Crippen molar-refractivity contribution in [2.24, 2.45) is 0 Å². The fourth-order valence-electron chi connectivity index (χ4n) is 2.52. The van der Waals surface area contributed by atoms with Gasteiger partial charge in [-0.1, -0.05) is 0 Å². The van der Waals surface area contributed by atoms with Crippen molar-refractivity contribution in [3.63, 3.8) is 0 Å². The zero-order chi connectivity index (χ0) is 16.2. The molecule has 1 aliphatic heterocycles. The van der Waals surface area contributed by atoms with E-state index in [1.54, 1.807) is 0 Å². The van der Waals surface area contributed by atoms with Crippen LogP contribution in [0.15, 0.2) is 0 Å². The van der Waals surface area contributed by atoms with Gasteiger partial charge < -0.3 is 29.9 Å². The lowest BCUT2D eigenvalue weighted by Crippen LogP contribution is -2.48. The van der Waals surface area contributed by atoms with Crippen LogP contribution in [0.5, 0.6) is 0 Å². The van der Waals surface area contributed by atoms with Crippen LogP contribution in [0.2, 0.25) is 0 Å². The molecule has 0 spiro atoms. The number of nitrogens with zero attached hydrogens (tertiary/aromatic N) is 2. The molecule has 0 saturated carbocycles. The molecule has 0 aliphatic carbocycles. The summed E-state index contributed by atoms with van der Waals surface area (Å²) in [6.45, 7) is 4.37. The van der Waals surface area contributed by atoms with Gasteiger partial charge in [-0.3, -0.25) is 9.80 Å². The maximum atomic E-state index is 8.99. The molecule has 132 valence electrons. The Labute approximate surface area is 131 Å². The molecule has 2 unspecified atom stereocenters. The molecule has 1 rings (SSSR count). The van der Waals surface area contributed by atoms with Gasteiger partial charge in [0.2, 0.25) is 0 Å². The predicted octanol–water partition coefficient (Wildman–Crippen LogP) is -2.66. The van der Waals surface area contributed by atoms with Crippen LogP contribution in [0.25, 0.3) is 0 Å². The number of aliphatic hydroxyl groups excluding tert-OH is 4. The van der Waals surface area contributed by atoms with E-state index in [-0.39, 0.29) is 38.6 Å². The quantitative estimate of drug-likeness (QED) is 0.309. The van der Waals surface area contributed by atoms with E-state index >= 15 is 0 Å². The highest BCUT2D eigenvalue weighted by atomic mass is 16.6. The Kier molecular flexibility index (Phi) is 10.9. The predicted molar refractivity (Wildman–Crippen MR) is 80.7 cm³/mol. The van der Waals surface area contributed by atoms with Gasteiger partial charge in [0.15, 0.2) is 0 Å². The fraction of sp³-hybridized carbons (Fsp3) is 1.00. The van der Waals surface area contributed by atoms with Gasteiger partial charge in [0.25, 0.3) is 0 Å². The number of hydrogen-bond acceptors (Lipinski definition) is 8. The smallest absolute Gasteiger partial charge is 0.0936 e. The third-order valence-corrected chi connectivity index (χ3v) is 3.62. The topological polar surface area (TPSA) is 106 Å². The SMILES string of the molecule is OCCN(CCO)CC1COC(CN(CCO)CCO)CO1. The van der Waals surface area contributed by atoms with Crippen molar-refractivity contribution in [2.45, 2.75) is 12.2 Å². The van der Waals surface area contributed by atoms with Crippen molar-refractivity contribution >= 4 is 0 Å². The van der Waals surface area contributed by atoms with Gasteiger partial charge in [0.1, 0.15) is 0 Å². The Bertz CT molecular complexity index is 226. The van der Waals surface area contributed by atoms with Crippen molar-refractivity contribution in [1.82, 2.24) is 9.80 Å². The maximum absolute atomic E-state index is 8.99. The largest absolute Gasteiger partial charge is 0.395 e. The molecule has 1 aliphatic rings. The van der Waals surface area contributed by atoms with Gasteiger partial charge in [-0.15, -0.1) is 0 Å². The van der Waals surface area contributed by atoms with Crippen LogP contribution < -0.4 is 0 Å². The van der Waals surface area contributed by atoms with Gasteiger partial charge in [-0.05, 0) is 0 Å². The molecule has 0 aromatic carbocycles. The van der Waals surface area contributed by atoms with Crippen molar-refractivity contribution in [3.8, 4) is 0 Å². The Morgan fingerprint density at radius 1 is 0.636 bits per heavy atom. The zero-order valence-corrected chi connectivity index (χ0v) is 13.1. The first-order valence-corrected chi connectivity index (χ1v) is 7.84. The van der Waals surface area contributed by atoms with Crippen molar-refractivity contribution in [3.05, 3.63) is 0 Å². The first-order chi connectivity index (χ1) is 10.7. The van der Waals surface area contributed by atoms with Crippen LogP contribution in [0.4, 0.5) is 0 Å². The van der Waals surface area contributed by atoms with Gasteiger partial charge >= 0.3 is 0 Å². The average Bonchev–Trinajstić information content (AvgIpc) is 2.50. The first kappa shape index (κ1) is 19.7. The molecule has 1 fully saturated rings. The average molecular weight is 322 g/mol. The molecular weight excluding hydrogens is 292 g/mol. The number of aliphatic hydroxyl groups is 4. The molecule has 2 atom stereocenters. The second-order valence-electron chi connectivity index (χ2n) is 5.41. The molecule has 1 saturated heterocycles. The molecule has 8 nitrogen and oxygen atoms in total. The Morgan fingerprint density at radius 3 is 1.18 bits per heavy atom. The molecule has 1 heterocycles. The summed E-state index contributed by atoms with van der Waals surface area (Å²) >= 11 is 0. The number of rotatable bonds is 12. The van der Waals surface area contributed by atoms with Crippen molar-refractivity contribution in [2.75, 3.05) is 78.9 Å². The zero-order valence-electron chi connectivity index (χ0n) is 13.1. The Hall–Kier alpha value is -0.320. The van der Waals surface area contributed by atoms with E-state index in [1.807, 2.05) is 9.80 Å². The van der Waals surface area contributed by atoms with Crippen LogP contribution in [0, 0.1) is 0 Å². The number of hydrogen-bond donors (Lipinski definition) is 4. The summed E-state index contributed by atoms with van der Waals surface area (Å²) in [5.41, 5.74) is 0. The minimum atomic E-state index is -0.0708. The third-order valence-electron chi connectivity index (χ3n) is 3.62. The minimum Gasteiger partial charge on any atom is -0.395 e. The Morgan fingerprint density at radius 2 is 0.955 bits per heavy atom.